The van der Waals surface area contributed by atoms with Gasteiger partial charge in [-0.05, 0) is 25.3 Å². The molecule has 0 aromatic heterocycles. The van der Waals surface area contributed by atoms with Gasteiger partial charge in [0.15, 0.2) is 0 Å². The number of ether oxygens (including phenoxy) is 1. The minimum Gasteiger partial charge on any atom is -0.496 e. The summed E-state index contributed by atoms with van der Waals surface area (Å²) in [6.45, 7) is 1.90. The number of amides is 2. The molecule has 0 spiro atoms. The van der Waals surface area contributed by atoms with Gasteiger partial charge in [-0.25, -0.2) is 0 Å². The molecule has 3 aliphatic rings. The van der Waals surface area contributed by atoms with Gasteiger partial charge in [0, 0.05) is 18.2 Å². The van der Waals surface area contributed by atoms with Crippen molar-refractivity contribution >= 4 is 11.8 Å². The summed E-state index contributed by atoms with van der Waals surface area (Å²) in [6, 6.07) is 6.45. The molecule has 1 saturated carbocycles. The van der Waals surface area contributed by atoms with Crippen molar-refractivity contribution in [3.05, 3.63) is 41.1 Å². The van der Waals surface area contributed by atoms with E-state index in [0.29, 0.717) is 24.3 Å². The van der Waals surface area contributed by atoms with Crippen LogP contribution < -0.4 is 15.4 Å². The van der Waals surface area contributed by atoms with E-state index in [1.807, 2.05) is 24.3 Å². The molecule has 4 unspecified atom stereocenters. The van der Waals surface area contributed by atoms with E-state index in [2.05, 4.69) is 10.6 Å². The van der Waals surface area contributed by atoms with Crippen LogP contribution in [0, 0.1) is 0 Å². The highest BCUT2D eigenvalue weighted by Gasteiger charge is 2.48. The van der Waals surface area contributed by atoms with Gasteiger partial charge in [-0.2, -0.15) is 0 Å². The van der Waals surface area contributed by atoms with Crippen molar-refractivity contribution in [3.63, 3.8) is 0 Å². The van der Waals surface area contributed by atoms with Gasteiger partial charge >= 0.3 is 0 Å². The van der Waals surface area contributed by atoms with Crippen molar-refractivity contribution in [2.24, 2.45) is 0 Å². The molecule has 1 fully saturated rings. The van der Waals surface area contributed by atoms with Gasteiger partial charge in [0.1, 0.15) is 5.75 Å². The number of rotatable bonds is 2. The fraction of sp³-hybridized carbons (Fsp3) is 0.500. The average Bonchev–Trinajstić information content (AvgIpc) is 2.93. The van der Waals surface area contributed by atoms with E-state index in [-0.39, 0.29) is 23.9 Å². The number of carbonyl (C=O) groups is 2. The first-order valence-electron chi connectivity index (χ1n) is 9.40. The molecule has 4 atom stereocenters. The maximum atomic E-state index is 12.8. The molecule has 4 rings (SSSR count). The fourth-order valence-electron chi connectivity index (χ4n) is 4.72. The van der Waals surface area contributed by atoms with Crippen LogP contribution in [-0.2, 0) is 9.59 Å². The van der Waals surface area contributed by atoms with Gasteiger partial charge in [0.2, 0.25) is 5.91 Å². The highest BCUT2D eigenvalue weighted by atomic mass is 16.5. The second kappa shape index (κ2) is 6.88. The third-order valence-corrected chi connectivity index (χ3v) is 5.87. The lowest BCUT2D eigenvalue weighted by molar-refractivity contribution is -0.136. The maximum Gasteiger partial charge on any atom is 0.251 e. The molecule has 2 aliphatic heterocycles. The third kappa shape index (κ3) is 2.86. The number of carbonyl (C=O) groups excluding carboxylic acids is 2. The molecule has 27 heavy (non-hydrogen) atoms. The SMILES string of the molecule is COc1ccccc1C1C2=C(CNC2=O)NC2C(O)CCCC2N1C(C)=O. The molecule has 7 heteroatoms. The van der Waals surface area contributed by atoms with Crippen LogP contribution in [0.25, 0.3) is 0 Å². The van der Waals surface area contributed by atoms with Crippen molar-refractivity contribution in [1.82, 2.24) is 15.5 Å². The third-order valence-electron chi connectivity index (χ3n) is 5.87. The lowest BCUT2D eigenvalue weighted by Gasteiger charge is -2.44. The quantitative estimate of drug-likeness (QED) is 0.717. The molecule has 0 radical (unpaired) electrons. The van der Waals surface area contributed by atoms with Gasteiger partial charge in [0.25, 0.3) is 5.91 Å². The Kier molecular flexibility index (Phi) is 4.55. The van der Waals surface area contributed by atoms with E-state index in [0.717, 1.165) is 24.1 Å². The molecule has 1 aromatic carbocycles. The number of aliphatic hydroxyl groups is 1. The molecule has 7 nitrogen and oxygen atoms in total. The Morgan fingerprint density at radius 1 is 1.30 bits per heavy atom. The van der Waals surface area contributed by atoms with E-state index in [1.165, 1.54) is 6.92 Å². The zero-order valence-corrected chi connectivity index (χ0v) is 15.6. The monoisotopic (exact) mass is 371 g/mol. The van der Waals surface area contributed by atoms with Crippen LogP contribution in [0.4, 0.5) is 0 Å². The van der Waals surface area contributed by atoms with E-state index >= 15 is 0 Å². The minimum atomic E-state index is -0.563. The zero-order valence-electron chi connectivity index (χ0n) is 15.6. The molecule has 0 bridgehead atoms. The maximum absolute atomic E-state index is 12.8. The lowest BCUT2D eigenvalue weighted by Crippen LogP contribution is -2.58. The fourth-order valence-corrected chi connectivity index (χ4v) is 4.72. The van der Waals surface area contributed by atoms with Gasteiger partial charge in [-0.15, -0.1) is 0 Å². The molecular formula is C20H25N3O4. The van der Waals surface area contributed by atoms with Crippen molar-refractivity contribution in [1.29, 1.82) is 0 Å². The van der Waals surface area contributed by atoms with Crippen molar-refractivity contribution in [2.75, 3.05) is 13.7 Å². The molecule has 2 amide bonds. The van der Waals surface area contributed by atoms with E-state index in [4.69, 9.17) is 4.74 Å². The molecular weight excluding hydrogens is 346 g/mol. The summed E-state index contributed by atoms with van der Waals surface area (Å²) in [5.41, 5.74) is 2.08. The molecule has 0 saturated heterocycles. The lowest BCUT2D eigenvalue weighted by atomic mass is 9.85. The van der Waals surface area contributed by atoms with Crippen LogP contribution in [-0.4, -0.2) is 53.7 Å². The Balaban J connectivity index is 1.92. The summed E-state index contributed by atoms with van der Waals surface area (Å²) in [7, 11) is 1.59. The van der Waals surface area contributed by atoms with E-state index < -0.39 is 12.1 Å². The van der Waals surface area contributed by atoms with Crippen LogP contribution >= 0.6 is 0 Å². The minimum absolute atomic E-state index is 0.120. The Bertz CT molecular complexity index is 806. The highest BCUT2D eigenvalue weighted by Crippen LogP contribution is 2.43. The van der Waals surface area contributed by atoms with Crippen LogP contribution in [0.5, 0.6) is 5.75 Å². The summed E-state index contributed by atoms with van der Waals surface area (Å²) < 4.78 is 5.55. The number of nitrogens with zero attached hydrogens (tertiary/aromatic N) is 1. The predicted octanol–water partition coefficient (Wildman–Crippen LogP) is 0.854. The number of hydrogen-bond acceptors (Lipinski definition) is 5. The predicted molar refractivity (Wildman–Crippen MR) is 98.9 cm³/mol. The number of methoxy groups -OCH3 is 1. The summed E-state index contributed by atoms with van der Waals surface area (Å²) in [5.74, 6) is 0.327. The number of benzene rings is 1. The van der Waals surface area contributed by atoms with Gasteiger partial charge in [-0.1, -0.05) is 18.2 Å². The van der Waals surface area contributed by atoms with Crippen LogP contribution in [0.3, 0.4) is 0 Å². The normalized spacial score (nSPS) is 30.0. The largest absolute Gasteiger partial charge is 0.496 e. The first-order chi connectivity index (χ1) is 13.0. The Morgan fingerprint density at radius 2 is 2.07 bits per heavy atom. The first kappa shape index (κ1) is 17.9. The van der Waals surface area contributed by atoms with Crippen molar-refractivity contribution < 1.29 is 19.4 Å². The number of hydrogen-bond donors (Lipinski definition) is 3. The number of aliphatic hydroxyl groups excluding tert-OH is 1. The van der Waals surface area contributed by atoms with Crippen molar-refractivity contribution in [3.8, 4) is 5.75 Å². The second-order valence-corrected chi connectivity index (χ2v) is 7.38. The number of fused-ring (bicyclic) bond motifs is 1. The standard InChI is InChI=1S/C20H25N3O4/c1-11(24)23-14-7-5-8-15(25)18(14)22-13-10-21-20(26)17(13)19(23)12-6-3-4-9-16(12)27-2/h3-4,6,9,14-15,18-19,22,25H,5,7-8,10H2,1-2H3,(H,21,26). The topological polar surface area (TPSA) is 90.9 Å². The highest BCUT2D eigenvalue weighted by molar-refractivity contribution is 5.99. The Labute approximate surface area is 158 Å². The molecule has 2 heterocycles. The van der Waals surface area contributed by atoms with Gasteiger partial charge in [-0.3, -0.25) is 9.59 Å². The zero-order chi connectivity index (χ0) is 19.1. The van der Waals surface area contributed by atoms with Crippen LogP contribution in [0.1, 0.15) is 37.8 Å². The first-order valence-corrected chi connectivity index (χ1v) is 9.40. The summed E-state index contributed by atoms with van der Waals surface area (Å²) in [4.78, 5) is 27.3. The number of nitrogens with one attached hydrogen (secondary N) is 2. The molecule has 1 aromatic rings. The van der Waals surface area contributed by atoms with Crippen LogP contribution in [0.2, 0.25) is 0 Å². The number of para-hydroxylation sites is 1. The second-order valence-electron chi connectivity index (χ2n) is 7.38. The van der Waals surface area contributed by atoms with E-state index in [9.17, 15) is 14.7 Å². The molecule has 144 valence electrons. The Hall–Kier alpha value is -2.54. The van der Waals surface area contributed by atoms with E-state index in [1.54, 1.807) is 12.0 Å². The summed E-state index contributed by atoms with van der Waals surface area (Å²) in [5, 5.41) is 16.9. The average molecular weight is 371 g/mol. The summed E-state index contributed by atoms with van der Waals surface area (Å²) >= 11 is 0. The molecule has 1 aliphatic carbocycles. The van der Waals surface area contributed by atoms with Crippen LogP contribution in [0.15, 0.2) is 35.5 Å². The van der Waals surface area contributed by atoms with Gasteiger partial charge < -0.3 is 25.4 Å². The Morgan fingerprint density at radius 3 is 2.81 bits per heavy atom. The molecule has 3 N–H and O–H groups in total. The van der Waals surface area contributed by atoms with Crippen molar-refractivity contribution in [2.45, 2.75) is 50.4 Å². The van der Waals surface area contributed by atoms with Gasteiger partial charge in [0.05, 0.1) is 43.5 Å². The smallest absolute Gasteiger partial charge is 0.251 e. The summed E-state index contributed by atoms with van der Waals surface area (Å²) in [6.07, 6.45) is 1.74.